The minimum atomic E-state index is -1.59. The van der Waals surface area contributed by atoms with Crippen molar-refractivity contribution >= 4 is 23.9 Å². The molecule has 4 heterocycles. The number of nitrogens with one attached hydrogen (secondary N) is 2. The van der Waals surface area contributed by atoms with Crippen LogP contribution in [-0.4, -0.2) is 60.5 Å². The lowest BCUT2D eigenvalue weighted by molar-refractivity contribution is -0.125. The number of hydrogen-bond acceptors (Lipinski definition) is 7. The fourth-order valence-corrected chi connectivity index (χ4v) is 4.64. The van der Waals surface area contributed by atoms with E-state index in [2.05, 4.69) is 10.6 Å². The first-order valence-corrected chi connectivity index (χ1v) is 11.0. The average Bonchev–Trinajstić information content (AvgIpc) is 3.47. The first-order chi connectivity index (χ1) is 16.3. The Hall–Kier alpha value is -4.02. The van der Waals surface area contributed by atoms with Crippen LogP contribution in [0.15, 0.2) is 28.7 Å². The van der Waals surface area contributed by atoms with Crippen molar-refractivity contribution in [3.05, 3.63) is 52.5 Å². The van der Waals surface area contributed by atoms with Gasteiger partial charge in [-0.25, -0.2) is 9.59 Å². The zero-order valence-corrected chi connectivity index (χ0v) is 18.8. The molecule has 3 aliphatic heterocycles. The van der Waals surface area contributed by atoms with Crippen molar-refractivity contribution in [3.63, 3.8) is 0 Å². The van der Waals surface area contributed by atoms with Crippen LogP contribution >= 0.6 is 0 Å². The third-order valence-corrected chi connectivity index (χ3v) is 6.39. The molecule has 1 atom stereocenters. The van der Waals surface area contributed by atoms with Gasteiger partial charge in [0.15, 0.2) is 5.54 Å². The Labute approximate surface area is 195 Å². The van der Waals surface area contributed by atoms with Gasteiger partial charge in [-0.2, -0.15) is 0 Å². The fourth-order valence-electron chi connectivity index (χ4n) is 4.64. The molecule has 5 rings (SSSR count). The van der Waals surface area contributed by atoms with Crippen LogP contribution in [0.2, 0.25) is 0 Å². The highest BCUT2D eigenvalue weighted by Gasteiger charge is 2.53. The molecule has 11 heteroatoms. The third kappa shape index (κ3) is 3.44. The van der Waals surface area contributed by atoms with Crippen LogP contribution < -0.4 is 15.4 Å². The maximum atomic E-state index is 13.1. The Balaban J connectivity index is 1.45. The zero-order valence-electron chi connectivity index (χ0n) is 18.8. The predicted octanol–water partition coefficient (Wildman–Crippen LogP) is 1.49. The van der Waals surface area contributed by atoms with Crippen LogP contribution in [0.25, 0.3) is 0 Å². The minimum Gasteiger partial charge on any atom is -0.497 e. The number of nitrogens with zero attached hydrogens (tertiary/aromatic N) is 2. The van der Waals surface area contributed by atoms with Gasteiger partial charge in [0.05, 0.1) is 26.8 Å². The Kier molecular flexibility index (Phi) is 5.18. The number of hydrogen-bond donors (Lipinski definition) is 2. The number of methoxy groups -OCH3 is 1. The van der Waals surface area contributed by atoms with Gasteiger partial charge in [0.25, 0.3) is 11.8 Å². The maximum Gasteiger partial charge on any atom is 0.410 e. The van der Waals surface area contributed by atoms with E-state index in [0.29, 0.717) is 30.0 Å². The number of amides is 5. The summed E-state index contributed by atoms with van der Waals surface area (Å²) in [4.78, 5) is 53.5. The first kappa shape index (κ1) is 21.8. The number of imide groups is 1. The summed E-state index contributed by atoms with van der Waals surface area (Å²) in [6.07, 6.45) is 0.0700. The molecule has 2 aromatic rings. The third-order valence-electron chi connectivity index (χ3n) is 6.39. The van der Waals surface area contributed by atoms with Crippen LogP contribution in [0.1, 0.15) is 39.9 Å². The summed E-state index contributed by atoms with van der Waals surface area (Å²) in [6.45, 7) is 2.79. The Morgan fingerprint density at radius 1 is 1.18 bits per heavy atom. The molecule has 5 amide bonds. The molecule has 1 fully saturated rings. The van der Waals surface area contributed by atoms with Gasteiger partial charge in [-0.1, -0.05) is 6.07 Å². The molecule has 11 nitrogen and oxygen atoms in total. The molecule has 0 aliphatic carbocycles. The summed E-state index contributed by atoms with van der Waals surface area (Å²) < 4.78 is 16.3. The number of fused-ring (bicyclic) bond motifs is 2. The van der Waals surface area contributed by atoms with E-state index in [1.165, 1.54) is 16.9 Å². The highest BCUT2D eigenvalue weighted by atomic mass is 16.6. The normalized spacial score (nSPS) is 21.2. The number of ether oxygens (including phenoxy) is 2. The second-order valence-electron chi connectivity index (χ2n) is 8.43. The molecule has 3 aliphatic rings. The molecule has 1 unspecified atom stereocenters. The van der Waals surface area contributed by atoms with Gasteiger partial charge in [-0.05, 0) is 42.7 Å². The highest BCUT2D eigenvalue weighted by Crippen LogP contribution is 2.35. The number of benzene rings is 1. The van der Waals surface area contributed by atoms with E-state index in [4.69, 9.17) is 13.9 Å². The summed E-state index contributed by atoms with van der Waals surface area (Å²) in [7, 11) is 1.52. The maximum absolute atomic E-state index is 13.1. The fraction of sp³-hybridized carbons (Fsp3) is 0.391. The van der Waals surface area contributed by atoms with Crippen molar-refractivity contribution in [1.29, 1.82) is 0 Å². The van der Waals surface area contributed by atoms with E-state index in [1.807, 2.05) is 6.07 Å². The molecule has 1 saturated heterocycles. The number of carbonyl (C=O) groups excluding carboxylic acids is 4. The molecule has 1 aromatic heterocycles. The lowest BCUT2D eigenvalue weighted by atomic mass is 9.94. The van der Waals surface area contributed by atoms with Gasteiger partial charge in [-0.15, -0.1) is 0 Å². The summed E-state index contributed by atoms with van der Waals surface area (Å²) in [5.74, 6) is 0.413. The Morgan fingerprint density at radius 3 is 2.71 bits per heavy atom. The molecule has 0 radical (unpaired) electrons. The Morgan fingerprint density at radius 2 is 2.00 bits per heavy atom. The van der Waals surface area contributed by atoms with Gasteiger partial charge >= 0.3 is 12.1 Å². The molecule has 178 valence electrons. The second-order valence-corrected chi connectivity index (χ2v) is 8.43. The monoisotopic (exact) mass is 468 g/mol. The minimum absolute atomic E-state index is 0.117. The van der Waals surface area contributed by atoms with Crippen LogP contribution in [0.5, 0.6) is 5.75 Å². The van der Waals surface area contributed by atoms with Crippen molar-refractivity contribution in [2.24, 2.45) is 0 Å². The molecular weight excluding hydrogens is 444 g/mol. The SMILES string of the molecule is CCOC(=O)N1CCc2cc(C3(CN4Cc5ccc(OC)cc5C4=O)NC(=O)NC3=O)oc2C1. The van der Waals surface area contributed by atoms with Crippen molar-refractivity contribution in [3.8, 4) is 5.75 Å². The largest absolute Gasteiger partial charge is 0.497 e. The van der Waals surface area contributed by atoms with Crippen LogP contribution in [-0.2, 0) is 34.6 Å². The van der Waals surface area contributed by atoms with Crippen molar-refractivity contribution in [2.45, 2.75) is 32.0 Å². The second kappa shape index (κ2) is 8.08. The van der Waals surface area contributed by atoms with Gasteiger partial charge < -0.3 is 29.0 Å². The van der Waals surface area contributed by atoms with E-state index >= 15 is 0 Å². The highest BCUT2D eigenvalue weighted by molar-refractivity contribution is 6.08. The quantitative estimate of drug-likeness (QED) is 0.636. The molecule has 0 bridgehead atoms. The number of urea groups is 1. The zero-order chi connectivity index (χ0) is 24.0. The van der Waals surface area contributed by atoms with Gasteiger partial charge in [0.1, 0.15) is 17.3 Å². The van der Waals surface area contributed by atoms with Crippen molar-refractivity contribution < 1.29 is 33.1 Å². The van der Waals surface area contributed by atoms with E-state index in [1.54, 1.807) is 25.1 Å². The van der Waals surface area contributed by atoms with Crippen LogP contribution in [0.4, 0.5) is 9.59 Å². The van der Waals surface area contributed by atoms with Gasteiger partial charge in [0, 0.05) is 18.7 Å². The van der Waals surface area contributed by atoms with Crippen molar-refractivity contribution in [1.82, 2.24) is 20.4 Å². The molecule has 34 heavy (non-hydrogen) atoms. The summed E-state index contributed by atoms with van der Waals surface area (Å²) in [6, 6.07) is 6.29. The van der Waals surface area contributed by atoms with Crippen LogP contribution in [0.3, 0.4) is 0 Å². The van der Waals surface area contributed by atoms with Crippen LogP contribution in [0, 0.1) is 0 Å². The van der Waals surface area contributed by atoms with E-state index in [-0.39, 0.29) is 37.9 Å². The first-order valence-electron chi connectivity index (χ1n) is 11.0. The van der Waals surface area contributed by atoms with Gasteiger partial charge in [-0.3, -0.25) is 14.9 Å². The van der Waals surface area contributed by atoms with Crippen molar-refractivity contribution in [2.75, 3.05) is 26.8 Å². The van der Waals surface area contributed by atoms with E-state index in [9.17, 15) is 19.2 Å². The van der Waals surface area contributed by atoms with E-state index < -0.39 is 23.6 Å². The molecule has 2 N–H and O–H groups in total. The average molecular weight is 468 g/mol. The number of carbonyl (C=O) groups is 4. The number of furan rings is 1. The topological polar surface area (TPSA) is 130 Å². The molecule has 1 aromatic carbocycles. The summed E-state index contributed by atoms with van der Waals surface area (Å²) >= 11 is 0. The number of rotatable bonds is 5. The summed E-state index contributed by atoms with van der Waals surface area (Å²) in [5.41, 5.74) is 0.535. The standard InChI is InChI=1S/C23H24N4O7/c1-3-33-22(31)26-7-6-13-8-18(34-17(13)11-26)23(20(29)24-21(30)25-23)12-27-10-14-4-5-15(32-2)9-16(14)19(27)28/h4-5,8-9H,3,6-7,10-12H2,1-2H3,(H2,24,25,29,30). The summed E-state index contributed by atoms with van der Waals surface area (Å²) in [5, 5.41) is 4.94. The smallest absolute Gasteiger partial charge is 0.410 e. The lowest BCUT2D eigenvalue weighted by Gasteiger charge is -2.29. The molecule has 0 spiro atoms. The molecule has 0 saturated carbocycles. The Bertz CT molecular complexity index is 1210. The van der Waals surface area contributed by atoms with Gasteiger partial charge in [0.2, 0.25) is 0 Å². The molecular formula is C23H24N4O7. The predicted molar refractivity (Wildman–Crippen MR) is 116 cm³/mol. The van der Waals surface area contributed by atoms with E-state index in [0.717, 1.165) is 11.1 Å². The lowest BCUT2D eigenvalue weighted by Crippen LogP contribution is -2.52.